The van der Waals surface area contributed by atoms with E-state index in [1.54, 1.807) is 17.0 Å². The second-order valence-electron chi connectivity index (χ2n) is 5.19. The van der Waals surface area contributed by atoms with Crippen molar-refractivity contribution in [1.82, 2.24) is 4.90 Å². The molecule has 3 nitrogen and oxygen atoms in total. The number of halogens is 1. The smallest absolute Gasteiger partial charge is 0.233 e. The van der Waals surface area contributed by atoms with Gasteiger partial charge in [0.2, 0.25) is 5.91 Å². The van der Waals surface area contributed by atoms with Gasteiger partial charge in [-0.3, -0.25) is 4.79 Å². The fraction of sp³-hybridized carbons (Fsp3) is 0.235. The zero-order valence-electron chi connectivity index (χ0n) is 11.9. The van der Waals surface area contributed by atoms with Crippen molar-refractivity contribution in [2.24, 2.45) is 0 Å². The van der Waals surface area contributed by atoms with E-state index in [4.69, 9.17) is 0 Å². The van der Waals surface area contributed by atoms with E-state index in [0.717, 1.165) is 11.1 Å². The van der Waals surface area contributed by atoms with Crippen LogP contribution < -0.4 is 0 Å². The van der Waals surface area contributed by atoms with E-state index < -0.39 is 6.10 Å². The van der Waals surface area contributed by atoms with Gasteiger partial charge in [0, 0.05) is 0 Å². The molecule has 114 valence electrons. The highest BCUT2D eigenvalue weighted by Gasteiger charge is 2.34. The van der Waals surface area contributed by atoms with Gasteiger partial charge in [-0.1, -0.05) is 42.5 Å². The second-order valence-corrected chi connectivity index (χ2v) is 6.26. The number of aliphatic hydroxyl groups excluding tert-OH is 1. The van der Waals surface area contributed by atoms with Crippen molar-refractivity contribution >= 4 is 17.7 Å². The van der Waals surface area contributed by atoms with Gasteiger partial charge in [-0.05, 0) is 23.3 Å². The SMILES string of the molecule is O=C1CS[C@H](c2ccc(F)cc2)N1C[C@@H](O)c1ccccc1. The molecule has 0 radical (unpaired) electrons. The molecule has 1 heterocycles. The molecule has 2 aromatic rings. The summed E-state index contributed by atoms with van der Waals surface area (Å²) in [4.78, 5) is 13.8. The Bertz CT molecular complexity index is 647. The zero-order valence-corrected chi connectivity index (χ0v) is 12.7. The molecular weight excluding hydrogens is 301 g/mol. The van der Waals surface area contributed by atoms with Crippen molar-refractivity contribution in [3.05, 3.63) is 71.5 Å². The number of amides is 1. The van der Waals surface area contributed by atoms with Crippen LogP contribution in [0.5, 0.6) is 0 Å². The van der Waals surface area contributed by atoms with Crippen LogP contribution in [0.4, 0.5) is 4.39 Å². The molecule has 3 rings (SSSR count). The van der Waals surface area contributed by atoms with Crippen molar-refractivity contribution in [2.75, 3.05) is 12.3 Å². The van der Waals surface area contributed by atoms with Crippen LogP contribution in [0.3, 0.4) is 0 Å². The average molecular weight is 317 g/mol. The van der Waals surface area contributed by atoms with Gasteiger partial charge < -0.3 is 10.0 Å². The van der Waals surface area contributed by atoms with Crippen molar-refractivity contribution < 1.29 is 14.3 Å². The monoisotopic (exact) mass is 317 g/mol. The molecule has 1 N–H and O–H groups in total. The van der Waals surface area contributed by atoms with E-state index in [1.807, 2.05) is 30.3 Å². The normalized spacial score (nSPS) is 19.5. The van der Waals surface area contributed by atoms with Crippen LogP contribution in [-0.4, -0.2) is 28.2 Å². The standard InChI is InChI=1S/C17H16FNO2S/c18-14-8-6-13(7-9-14)17-19(16(21)11-22-17)10-15(20)12-4-2-1-3-5-12/h1-9,15,17,20H,10-11H2/t15-,17-/m1/s1. The highest BCUT2D eigenvalue weighted by molar-refractivity contribution is 8.00. The molecule has 0 bridgehead atoms. The summed E-state index contributed by atoms with van der Waals surface area (Å²) in [5.41, 5.74) is 1.66. The van der Waals surface area contributed by atoms with Crippen LogP contribution in [0.1, 0.15) is 22.6 Å². The Labute approximate surface area is 132 Å². The summed E-state index contributed by atoms with van der Waals surface area (Å²) in [7, 11) is 0. The summed E-state index contributed by atoms with van der Waals surface area (Å²) in [5, 5.41) is 10.2. The molecule has 1 amide bonds. The summed E-state index contributed by atoms with van der Waals surface area (Å²) < 4.78 is 13.1. The van der Waals surface area contributed by atoms with Gasteiger partial charge in [0.25, 0.3) is 0 Å². The first-order valence-corrected chi connectivity index (χ1v) is 8.09. The lowest BCUT2D eigenvalue weighted by molar-refractivity contribution is -0.129. The lowest BCUT2D eigenvalue weighted by Gasteiger charge is -2.26. The van der Waals surface area contributed by atoms with E-state index >= 15 is 0 Å². The Morgan fingerprint density at radius 1 is 1.18 bits per heavy atom. The Morgan fingerprint density at radius 3 is 2.55 bits per heavy atom. The molecule has 0 aliphatic carbocycles. The number of hydrogen-bond donors (Lipinski definition) is 1. The second kappa shape index (κ2) is 6.50. The van der Waals surface area contributed by atoms with Crippen LogP contribution in [0, 0.1) is 5.82 Å². The number of benzene rings is 2. The largest absolute Gasteiger partial charge is 0.387 e. The lowest BCUT2D eigenvalue weighted by atomic mass is 10.1. The highest BCUT2D eigenvalue weighted by atomic mass is 32.2. The van der Waals surface area contributed by atoms with Gasteiger partial charge in [-0.25, -0.2) is 4.39 Å². The molecule has 0 spiro atoms. The number of rotatable bonds is 4. The van der Waals surface area contributed by atoms with Crippen molar-refractivity contribution in [2.45, 2.75) is 11.5 Å². The van der Waals surface area contributed by atoms with Gasteiger partial charge >= 0.3 is 0 Å². The molecule has 1 saturated heterocycles. The third kappa shape index (κ3) is 3.15. The highest BCUT2D eigenvalue weighted by Crippen LogP contribution is 2.39. The quantitative estimate of drug-likeness (QED) is 0.942. The molecule has 0 saturated carbocycles. The summed E-state index contributed by atoms with van der Waals surface area (Å²) in [6, 6.07) is 15.4. The number of aliphatic hydroxyl groups is 1. The molecule has 2 atom stereocenters. The van der Waals surface area contributed by atoms with Crippen molar-refractivity contribution in [1.29, 1.82) is 0 Å². The molecule has 2 aromatic carbocycles. The number of β-amino-alcohol motifs (C(OH)–C–C–N with tert-alkyl or cyclic N) is 1. The van der Waals surface area contributed by atoms with E-state index in [0.29, 0.717) is 5.75 Å². The maximum Gasteiger partial charge on any atom is 0.233 e. The minimum absolute atomic E-state index is 0.00527. The lowest BCUT2D eigenvalue weighted by Crippen LogP contribution is -2.32. The average Bonchev–Trinajstić information content (AvgIpc) is 2.90. The minimum Gasteiger partial charge on any atom is -0.387 e. The summed E-state index contributed by atoms with van der Waals surface area (Å²) in [5.74, 6) is 0.0760. The fourth-order valence-electron chi connectivity index (χ4n) is 2.52. The van der Waals surface area contributed by atoms with E-state index in [1.165, 1.54) is 23.9 Å². The first-order valence-electron chi connectivity index (χ1n) is 7.04. The van der Waals surface area contributed by atoms with Gasteiger partial charge in [-0.15, -0.1) is 11.8 Å². The Balaban J connectivity index is 1.78. The number of thioether (sulfide) groups is 1. The zero-order chi connectivity index (χ0) is 15.5. The van der Waals surface area contributed by atoms with Gasteiger partial charge in [-0.2, -0.15) is 0 Å². The van der Waals surface area contributed by atoms with Crippen molar-refractivity contribution in [3.8, 4) is 0 Å². The summed E-state index contributed by atoms with van der Waals surface area (Å²) >= 11 is 1.50. The molecule has 22 heavy (non-hydrogen) atoms. The molecule has 0 unspecified atom stereocenters. The molecule has 1 aliphatic heterocycles. The number of carbonyl (C=O) groups excluding carboxylic acids is 1. The van der Waals surface area contributed by atoms with Gasteiger partial charge in [0.05, 0.1) is 18.4 Å². The third-order valence-electron chi connectivity index (χ3n) is 3.68. The molecule has 1 fully saturated rings. The third-order valence-corrected chi connectivity index (χ3v) is 4.93. The van der Waals surface area contributed by atoms with E-state index in [2.05, 4.69) is 0 Å². The Morgan fingerprint density at radius 2 is 1.86 bits per heavy atom. The first-order chi connectivity index (χ1) is 10.6. The van der Waals surface area contributed by atoms with Crippen LogP contribution in [0.2, 0.25) is 0 Å². The van der Waals surface area contributed by atoms with Gasteiger partial charge in [0.15, 0.2) is 0 Å². The van der Waals surface area contributed by atoms with Crippen LogP contribution in [0.25, 0.3) is 0 Å². The van der Waals surface area contributed by atoms with Crippen molar-refractivity contribution in [3.63, 3.8) is 0 Å². The predicted molar refractivity (Wildman–Crippen MR) is 84.7 cm³/mol. The fourth-order valence-corrected chi connectivity index (χ4v) is 3.72. The number of hydrogen-bond acceptors (Lipinski definition) is 3. The van der Waals surface area contributed by atoms with Gasteiger partial charge in [0.1, 0.15) is 11.2 Å². The van der Waals surface area contributed by atoms with E-state index in [9.17, 15) is 14.3 Å². The maximum absolute atomic E-state index is 13.1. The number of nitrogens with zero attached hydrogens (tertiary/aromatic N) is 1. The Hall–Kier alpha value is -1.85. The summed E-state index contributed by atoms with van der Waals surface area (Å²) in [6.07, 6.45) is -0.730. The maximum atomic E-state index is 13.1. The van der Waals surface area contributed by atoms with Crippen LogP contribution in [-0.2, 0) is 4.79 Å². The topological polar surface area (TPSA) is 40.5 Å². The molecule has 5 heteroatoms. The number of carbonyl (C=O) groups is 1. The van der Waals surface area contributed by atoms with E-state index in [-0.39, 0.29) is 23.6 Å². The first kappa shape index (κ1) is 15.1. The predicted octanol–water partition coefficient (Wildman–Crippen LogP) is 3.13. The minimum atomic E-state index is -0.730. The van der Waals surface area contributed by atoms with Crippen LogP contribution in [0.15, 0.2) is 54.6 Å². The molecular formula is C17H16FNO2S. The Kier molecular flexibility index (Phi) is 4.45. The van der Waals surface area contributed by atoms with Crippen LogP contribution >= 0.6 is 11.8 Å². The molecule has 0 aromatic heterocycles. The molecule has 1 aliphatic rings. The summed E-state index contributed by atoms with van der Waals surface area (Å²) in [6.45, 7) is 0.234.